The maximum Gasteiger partial charge on any atom is 0.0449 e. The van der Waals surface area contributed by atoms with Gasteiger partial charge in [-0.25, -0.2) is 0 Å². The van der Waals surface area contributed by atoms with Crippen molar-refractivity contribution in [2.75, 3.05) is 11.4 Å². The van der Waals surface area contributed by atoms with E-state index < -0.39 is 0 Å². The molecule has 0 unspecified atom stereocenters. The second kappa shape index (κ2) is 7.10. The van der Waals surface area contributed by atoms with Gasteiger partial charge in [-0.2, -0.15) is 0 Å². The van der Waals surface area contributed by atoms with Crippen molar-refractivity contribution in [3.63, 3.8) is 0 Å². The second-order valence-electron chi connectivity index (χ2n) is 6.93. The minimum Gasteiger partial charge on any atom is -0.368 e. The van der Waals surface area contributed by atoms with E-state index >= 15 is 0 Å². The summed E-state index contributed by atoms with van der Waals surface area (Å²) in [7, 11) is 0. The van der Waals surface area contributed by atoms with Crippen LogP contribution in [0.25, 0.3) is 0 Å². The minimum atomic E-state index is 0.502. The van der Waals surface area contributed by atoms with Crippen molar-refractivity contribution in [1.29, 1.82) is 0 Å². The molecule has 0 spiro atoms. The largest absolute Gasteiger partial charge is 0.368 e. The standard InChI is InChI=1S/C18H30N2/c1-14(2)13-20(16-8-6-5-7-9-16)17-10-11-19-18(12-17)15(3)4/h10-12,14-16H,5-9,13H2,1-4H3. The van der Waals surface area contributed by atoms with Crippen LogP contribution in [-0.2, 0) is 0 Å². The Bertz CT molecular complexity index is 406. The molecule has 1 aromatic heterocycles. The molecule has 20 heavy (non-hydrogen) atoms. The molecule has 1 heterocycles. The SMILES string of the molecule is CC(C)CN(c1ccnc(C(C)C)c1)C1CCCCC1. The molecular weight excluding hydrogens is 244 g/mol. The summed E-state index contributed by atoms with van der Waals surface area (Å²) in [5, 5.41) is 0. The third-order valence-corrected chi connectivity index (χ3v) is 4.27. The number of rotatable bonds is 5. The normalized spacial score (nSPS) is 16.9. The molecule has 1 aliphatic rings. The number of aromatic nitrogens is 1. The third kappa shape index (κ3) is 3.97. The summed E-state index contributed by atoms with van der Waals surface area (Å²) >= 11 is 0. The van der Waals surface area contributed by atoms with Crippen LogP contribution in [-0.4, -0.2) is 17.6 Å². The lowest BCUT2D eigenvalue weighted by molar-refractivity contribution is 0.401. The molecule has 1 aromatic rings. The molecule has 1 saturated carbocycles. The molecule has 2 rings (SSSR count). The zero-order valence-electron chi connectivity index (χ0n) is 13.6. The van der Waals surface area contributed by atoms with Gasteiger partial charge >= 0.3 is 0 Å². The predicted molar refractivity (Wildman–Crippen MR) is 87.4 cm³/mol. The molecule has 0 atom stereocenters. The summed E-state index contributed by atoms with van der Waals surface area (Å²) in [6.45, 7) is 10.2. The molecule has 0 N–H and O–H groups in total. The van der Waals surface area contributed by atoms with Gasteiger partial charge in [-0.05, 0) is 36.8 Å². The van der Waals surface area contributed by atoms with Gasteiger partial charge in [0.2, 0.25) is 0 Å². The van der Waals surface area contributed by atoms with Crippen molar-refractivity contribution in [2.45, 2.75) is 71.8 Å². The van der Waals surface area contributed by atoms with Crippen molar-refractivity contribution in [2.24, 2.45) is 5.92 Å². The van der Waals surface area contributed by atoms with Gasteiger partial charge in [0.05, 0.1) is 0 Å². The summed E-state index contributed by atoms with van der Waals surface area (Å²) < 4.78 is 0. The average Bonchev–Trinajstić information content (AvgIpc) is 2.45. The van der Waals surface area contributed by atoms with E-state index in [0.717, 1.165) is 12.6 Å². The van der Waals surface area contributed by atoms with Crippen LogP contribution in [0.3, 0.4) is 0 Å². The average molecular weight is 274 g/mol. The van der Waals surface area contributed by atoms with Gasteiger partial charge in [-0.3, -0.25) is 4.98 Å². The van der Waals surface area contributed by atoms with E-state index in [0.29, 0.717) is 11.8 Å². The first-order chi connectivity index (χ1) is 9.58. The van der Waals surface area contributed by atoms with Crippen LogP contribution in [0, 0.1) is 5.92 Å². The molecule has 112 valence electrons. The van der Waals surface area contributed by atoms with Crippen LogP contribution < -0.4 is 4.90 Å². The van der Waals surface area contributed by atoms with Gasteiger partial charge in [0.25, 0.3) is 0 Å². The highest BCUT2D eigenvalue weighted by Crippen LogP contribution is 2.29. The van der Waals surface area contributed by atoms with E-state index in [2.05, 4.69) is 49.7 Å². The van der Waals surface area contributed by atoms with Crippen molar-refractivity contribution >= 4 is 5.69 Å². The van der Waals surface area contributed by atoms with E-state index in [1.165, 1.54) is 43.5 Å². The topological polar surface area (TPSA) is 16.1 Å². The molecule has 0 aromatic carbocycles. The molecule has 2 heteroatoms. The van der Waals surface area contributed by atoms with Gasteiger partial charge < -0.3 is 4.90 Å². The van der Waals surface area contributed by atoms with E-state index in [-0.39, 0.29) is 0 Å². The second-order valence-corrected chi connectivity index (χ2v) is 6.93. The molecular formula is C18H30N2. The molecule has 1 aliphatic carbocycles. The predicted octanol–water partition coefficient (Wildman–Crippen LogP) is 5.00. The van der Waals surface area contributed by atoms with Gasteiger partial charge in [0, 0.05) is 30.2 Å². The van der Waals surface area contributed by atoms with E-state index in [9.17, 15) is 0 Å². The van der Waals surface area contributed by atoms with E-state index in [1.54, 1.807) is 0 Å². The maximum atomic E-state index is 4.52. The number of nitrogens with zero attached hydrogens (tertiary/aromatic N) is 2. The van der Waals surface area contributed by atoms with Crippen LogP contribution in [0.1, 0.15) is 71.4 Å². The Hall–Kier alpha value is -1.05. The molecule has 0 radical (unpaired) electrons. The Morgan fingerprint density at radius 1 is 1.15 bits per heavy atom. The van der Waals surface area contributed by atoms with Crippen molar-refractivity contribution < 1.29 is 0 Å². The Morgan fingerprint density at radius 2 is 1.85 bits per heavy atom. The van der Waals surface area contributed by atoms with Crippen molar-refractivity contribution in [3.05, 3.63) is 24.0 Å². The van der Waals surface area contributed by atoms with Crippen LogP contribution >= 0.6 is 0 Å². The first kappa shape index (κ1) is 15.3. The van der Waals surface area contributed by atoms with Crippen LogP contribution in [0.4, 0.5) is 5.69 Å². The Labute approximate surface area is 124 Å². The maximum absolute atomic E-state index is 4.52. The number of hydrogen-bond donors (Lipinski definition) is 0. The fourth-order valence-electron chi connectivity index (χ4n) is 3.18. The Kier molecular flexibility index (Phi) is 5.45. The lowest BCUT2D eigenvalue weighted by atomic mass is 9.93. The zero-order valence-corrected chi connectivity index (χ0v) is 13.6. The first-order valence-electron chi connectivity index (χ1n) is 8.30. The van der Waals surface area contributed by atoms with E-state index in [4.69, 9.17) is 0 Å². The summed E-state index contributed by atoms with van der Waals surface area (Å²) in [5.41, 5.74) is 2.59. The van der Waals surface area contributed by atoms with Gasteiger partial charge in [0.15, 0.2) is 0 Å². The van der Waals surface area contributed by atoms with Crippen molar-refractivity contribution in [1.82, 2.24) is 4.98 Å². The van der Waals surface area contributed by atoms with Gasteiger partial charge in [-0.1, -0.05) is 47.0 Å². The Balaban J connectivity index is 2.22. The molecule has 0 aliphatic heterocycles. The summed E-state index contributed by atoms with van der Waals surface area (Å²) in [6, 6.07) is 5.23. The highest BCUT2D eigenvalue weighted by Gasteiger charge is 2.22. The molecule has 0 bridgehead atoms. The number of hydrogen-bond acceptors (Lipinski definition) is 2. The fourth-order valence-corrected chi connectivity index (χ4v) is 3.18. The van der Waals surface area contributed by atoms with E-state index in [1.807, 2.05) is 6.20 Å². The lowest BCUT2D eigenvalue weighted by Gasteiger charge is -2.37. The smallest absolute Gasteiger partial charge is 0.0449 e. The quantitative estimate of drug-likeness (QED) is 0.751. The zero-order chi connectivity index (χ0) is 14.5. The highest BCUT2D eigenvalue weighted by molar-refractivity contribution is 5.48. The van der Waals surface area contributed by atoms with Crippen LogP contribution in [0.2, 0.25) is 0 Å². The van der Waals surface area contributed by atoms with Crippen LogP contribution in [0.15, 0.2) is 18.3 Å². The monoisotopic (exact) mass is 274 g/mol. The van der Waals surface area contributed by atoms with Crippen molar-refractivity contribution in [3.8, 4) is 0 Å². The summed E-state index contributed by atoms with van der Waals surface area (Å²) in [5.74, 6) is 1.20. The first-order valence-corrected chi connectivity index (χ1v) is 8.30. The summed E-state index contributed by atoms with van der Waals surface area (Å²) in [6.07, 6.45) is 8.89. The van der Waals surface area contributed by atoms with Crippen LogP contribution in [0.5, 0.6) is 0 Å². The Morgan fingerprint density at radius 3 is 2.45 bits per heavy atom. The van der Waals surface area contributed by atoms with Gasteiger partial charge in [-0.15, -0.1) is 0 Å². The number of pyridine rings is 1. The molecule has 1 fully saturated rings. The molecule has 0 saturated heterocycles. The highest BCUT2D eigenvalue weighted by atomic mass is 15.2. The minimum absolute atomic E-state index is 0.502. The number of anilines is 1. The lowest BCUT2D eigenvalue weighted by Crippen LogP contribution is -2.39. The fraction of sp³-hybridized carbons (Fsp3) is 0.722. The van der Waals surface area contributed by atoms with Gasteiger partial charge in [0.1, 0.15) is 0 Å². The molecule has 2 nitrogen and oxygen atoms in total. The molecule has 0 amide bonds. The summed E-state index contributed by atoms with van der Waals surface area (Å²) in [4.78, 5) is 7.17. The third-order valence-electron chi connectivity index (χ3n) is 4.27.